The van der Waals surface area contributed by atoms with Crippen molar-refractivity contribution in [3.8, 4) is 0 Å². The third-order valence-electron chi connectivity index (χ3n) is 1.67. The van der Waals surface area contributed by atoms with Crippen molar-refractivity contribution < 1.29 is 14.7 Å². The molecule has 1 amide bonds. The summed E-state index contributed by atoms with van der Waals surface area (Å²) in [5.41, 5.74) is -0.324. The zero-order valence-corrected chi connectivity index (χ0v) is 9.76. The van der Waals surface area contributed by atoms with Gasteiger partial charge in [-0.15, -0.1) is 0 Å². The van der Waals surface area contributed by atoms with E-state index in [2.05, 4.69) is 10.6 Å². The van der Waals surface area contributed by atoms with Gasteiger partial charge in [-0.25, -0.2) is 0 Å². The highest BCUT2D eigenvalue weighted by Gasteiger charge is 2.25. The predicted octanol–water partition coefficient (Wildman–Crippen LogP) is 0.354. The Morgan fingerprint density at radius 2 is 1.87 bits per heavy atom. The van der Waals surface area contributed by atoms with Gasteiger partial charge in [-0.3, -0.25) is 14.9 Å². The molecular weight excluding hydrogens is 196 g/mol. The second-order valence-electron chi connectivity index (χ2n) is 4.44. The normalized spacial score (nSPS) is 13.3. The first-order valence-electron chi connectivity index (χ1n) is 5.03. The molecule has 0 spiro atoms. The summed E-state index contributed by atoms with van der Waals surface area (Å²) in [7, 11) is 0. The molecule has 0 aliphatic heterocycles. The Morgan fingerprint density at radius 1 is 1.33 bits per heavy atom. The third-order valence-corrected chi connectivity index (χ3v) is 1.67. The first kappa shape index (κ1) is 13.9. The standard InChI is InChI=1S/C10H20N2O3/c1-5-11-8(13)6-7(9(14)15)12-10(2,3)4/h7,12H,5-6H2,1-4H3,(H,11,13)(H,14,15). The Hall–Kier alpha value is -1.10. The van der Waals surface area contributed by atoms with Gasteiger partial charge >= 0.3 is 5.97 Å². The highest BCUT2D eigenvalue weighted by molar-refractivity contribution is 5.84. The van der Waals surface area contributed by atoms with Crippen LogP contribution in [-0.2, 0) is 9.59 Å². The molecule has 15 heavy (non-hydrogen) atoms. The Labute approximate surface area is 90.2 Å². The number of amides is 1. The van der Waals surface area contributed by atoms with E-state index in [4.69, 9.17) is 5.11 Å². The van der Waals surface area contributed by atoms with Crippen LogP contribution in [0.3, 0.4) is 0 Å². The average molecular weight is 216 g/mol. The SMILES string of the molecule is CCNC(=O)CC(NC(C)(C)C)C(=O)O. The number of carboxylic acid groups (broad SMARTS) is 1. The smallest absolute Gasteiger partial charge is 0.321 e. The maximum Gasteiger partial charge on any atom is 0.321 e. The van der Waals surface area contributed by atoms with E-state index >= 15 is 0 Å². The summed E-state index contributed by atoms with van der Waals surface area (Å²) in [6.07, 6.45) is -0.0412. The number of carbonyl (C=O) groups is 2. The van der Waals surface area contributed by atoms with Gasteiger partial charge in [0, 0.05) is 12.1 Å². The van der Waals surface area contributed by atoms with E-state index in [1.54, 1.807) is 6.92 Å². The van der Waals surface area contributed by atoms with Crippen LogP contribution in [-0.4, -0.2) is 35.1 Å². The molecule has 0 aliphatic rings. The number of aliphatic carboxylic acids is 1. The average Bonchev–Trinajstić information content (AvgIpc) is 2.00. The summed E-state index contributed by atoms with van der Waals surface area (Å²) in [6, 6.07) is -0.837. The summed E-state index contributed by atoms with van der Waals surface area (Å²) in [5.74, 6) is -1.25. The molecule has 0 aromatic heterocycles. The van der Waals surface area contributed by atoms with Crippen LogP contribution in [0.25, 0.3) is 0 Å². The van der Waals surface area contributed by atoms with E-state index in [1.165, 1.54) is 0 Å². The fraction of sp³-hybridized carbons (Fsp3) is 0.800. The van der Waals surface area contributed by atoms with E-state index in [-0.39, 0.29) is 17.9 Å². The summed E-state index contributed by atoms with van der Waals surface area (Å²) in [5, 5.41) is 14.4. The lowest BCUT2D eigenvalue weighted by Crippen LogP contribution is -2.49. The van der Waals surface area contributed by atoms with Crippen LogP contribution < -0.4 is 10.6 Å². The second kappa shape index (κ2) is 5.70. The fourth-order valence-electron chi connectivity index (χ4n) is 1.18. The van der Waals surface area contributed by atoms with E-state index in [0.29, 0.717) is 6.54 Å². The molecule has 0 saturated heterocycles. The number of carboxylic acids is 1. The zero-order valence-electron chi connectivity index (χ0n) is 9.76. The van der Waals surface area contributed by atoms with Crippen LogP contribution in [0.2, 0.25) is 0 Å². The van der Waals surface area contributed by atoms with Gasteiger partial charge in [0.05, 0.1) is 6.42 Å². The van der Waals surface area contributed by atoms with Crippen LogP contribution in [0.4, 0.5) is 0 Å². The molecule has 0 aliphatic carbocycles. The topological polar surface area (TPSA) is 78.4 Å². The van der Waals surface area contributed by atoms with E-state index in [1.807, 2.05) is 20.8 Å². The third kappa shape index (κ3) is 6.90. The van der Waals surface area contributed by atoms with Crippen LogP contribution in [0.1, 0.15) is 34.1 Å². The van der Waals surface area contributed by atoms with Crippen molar-refractivity contribution in [3.63, 3.8) is 0 Å². The van der Waals surface area contributed by atoms with Gasteiger partial charge < -0.3 is 10.4 Å². The Balaban J connectivity index is 4.29. The van der Waals surface area contributed by atoms with E-state index in [0.717, 1.165) is 0 Å². The maximum atomic E-state index is 11.2. The van der Waals surface area contributed by atoms with Crippen molar-refractivity contribution in [1.82, 2.24) is 10.6 Å². The van der Waals surface area contributed by atoms with Crippen LogP contribution in [0.5, 0.6) is 0 Å². The molecule has 0 aromatic carbocycles. The van der Waals surface area contributed by atoms with Gasteiger partial charge in [-0.1, -0.05) is 0 Å². The van der Waals surface area contributed by atoms with Crippen molar-refractivity contribution in [3.05, 3.63) is 0 Å². The summed E-state index contributed by atoms with van der Waals surface area (Å²) in [6.45, 7) is 7.90. The van der Waals surface area contributed by atoms with Gasteiger partial charge in [0.15, 0.2) is 0 Å². The van der Waals surface area contributed by atoms with Crippen molar-refractivity contribution in [2.45, 2.75) is 45.7 Å². The van der Waals surface area contributed by atoms with Crippen LogP contribution in [0.15, 0.2) is 0 Å². The molecule has 0 aromatic rings. The van der Waals surface area contributed by atoms with E-state index in [9.17, 15) is 9.59 Å². The highest BCUT2D eigenvalue weighted by Crippen LogP contribution is 2.04. The van der Waals surface area contributed by atoms with Crippen LogP contribution in [0, 0.1) is 0 Å². The molecule has 0 heterocycles. The van der Waals surface area contributed by atoms with Gasteiger partial charge in [0.2, 0.25) is 5.91 Å². The summed E-state index contributed by atoms with van der Waals surface area (Å²) >= 11 is 0. The molecule has 5 heteroatoms. The quantitative estimate of drug-likeness (QED) is 0.620. The Morgan fingerprint density at radius 3 is 2.20 bits per heavy atom. The van der Waals surface area contributed by atoms with E-state index < -0.39 is 12.0 Å². The van der Waals surface area contributed by atoms with Gasteiger partial charge in [-0.05, 0) is 27.7 Å². The highest BCUT2D eigenvalue weighted by atomic mass is 16.4. The lowest BCUT2D eigenvalue weighted by atomic mass is 10.1. The molecule has 0 fully saturated rings. The summed E-state index contributed by atoms with van der Waals surface area (Å²) < 4.78 is 0. The number of hydrogen-bond donors (Lipinski definition) is 3. The largest absolute Gasteiger partial charge is 0.480 e. The molecule has 0 saturated carbocycles. The number of carbonyl (C=O) groups excluding carboxylic acids is 1. The molecule has 3 N–H and O–H groups in total. The molecular formula is C10H20N2O3. The monoisotopic (exact) mass is 216 g/mol. The number of rotatable bonds is 5. The minimum atomic E-state index is -1.00. The first-order valence-corrected chi connectivity index (χ1v) is 5.03. The van der Waals surface area contributed by atoms with Crippen molar-refractivity contribution in [2.75, 3.05) is 6.54 Å². The predicted molar refractivity (Wildman–Crippen MR) is 57.6 cm³/mol. The number of nitrogens with one attached hydrogen (secondary N) is 2. The van der Waals surface area contributed by atoms with Gasteiger partial charge in [-0.2, -0.15) is 0 Å². The minimum Gasteiger partial charge on any atom is -0.480 e. The molecule has 0 radical (unpaired) electrons. The molecule has 0 rings (SSSR count). The van der Waals surface area contributed by atoms with Crippen LogP contribution >= 0.6 is 0 Å². The van der Waals surface area contributed by atoms with Gasteiger partial charge in [0.25, 0.3) is 0 Å². The Kier molecular flexibility index (Phi) is 5.28. The fourth-order valence-corrected chi connectivity index (χ4v) is 1.18. The lowest BCUT2D eigenvalue weighted by molar-refractivity contribution is -0.142. The number of hydrogen-bond acceptors (Lipinski definition) is 3. The molecule has 5 nitrogen and oxygen atoms in total. The molecule has 88 valence electrons. The first-order chi connectivity index (χ1) is 6.76. The molecule has 1 atom stereocenters. The summed E-state index contributed by atoms with van der Waals surface area (Å²) in [4.78, 5) is 22.1. The van der Waals surface area contributed by atoms with Crippen molar-refractivity contribution in [2.24, 2.45) is 0 Å². The lowest BCUT2D eigenvalue weighted by Gasteiger charge is -2.25. The van der Waals surface area contributed by atoms with Gasteiger partial charge in [0.1, 0.15) is 6.04 Å². The minimum absolute atomic E-state index is 0.0412. The zero-order chi connectivity index (χ0) is 12.1. The molecule has 1 unspecified atom stereocenters. The van der Waals surface area contributed by atoms with Crippen molar-refractivity contribution >= 4 is 11.9 Å². The van der Waals surface area contributed by atoms with Crippen molar-refractivity contribution in [1.29, 1.82) is 0 Å². The Bertz CT molecular complexity index is 233. The second-order valence-corrected chi connectivity index (χ2v) is 4.44. The molecule has 0 bridgehead atoms. The maximum absolute atomic E-state index is 11.2.